The fraction of sp³-hybridized carbons (Fsp3) is 0.0714. The van der Waals surface area contributed by atoms with E-state index in [0.717, 1.165) is 6.07 Å². The average Bonchev–Trinajstić information content (AvgIpc) is 2.44. The Hall–Kier alpha value is -1.79. The minimum Gasteiger partial charge on any atom is -0.465 e. The Balaban J connectivity index is 2.44. The predicted molar refractivity (Wildman–Crippen MR) is 84.6 cm³/mol. The van der Waals surface area contributed by atoms with E-state index in [1.807, 2.05) is 0 Å². The fourth-order valence-corrected chi connectivity index (χ4v) is 2.23. The normalized spacial score (nSPS) is 10.3. The first-order valence-corrected chi connectivity index (χ1v) is 6.99. The molecule has 0 heterocycles. The second kappa shape index (κ2) is 6.32. The molecule has 0 saturated carbocycles. The van der Waals surface area contributed by atoms with Crippen molar-refractivity contribution in [2.24, 2.45) is 0 Å². The second-order valence-corrected chi connectivity index (χ2v) is 5.45. The monoisotopic (exact) mass is 372 g/mol. The van der Waals surface area contributed by atoms with Crippen molar-refractivity contribution in [3.05, 3.63) is 51.2 Å². The number of methoxy groups -OCH3 is 1. The summed E-state index contributed by atoms with van der Waals surface area (Å²) < 4.78 is 19.3. The van der Waals surface area contributed by atoms with Gasteiger partial charge < -0.3 is 15.8 Å². The maximum atomic E-state index is 14.0. The van der Waals surface area contributed by atoms with Gasteiger partial charge in [-0.1, -0.05) is 11.6 Å². The van der Waals surface area contributed by atoms with E-state index in [9.17, 15) is 9.18 Å². The third kappa shape index (κ3) is 3.46. The third-order valence-corrected chi connectivity index (χ3v) is 3.67. The molecule has 0 amide bonds. The number of anilines is 3. The summed E-state index contributed by atoms with van der Waals surface area (Å²) in [6, 6.07) is 7.40. The highest BCUT2D eigenvalue weighted by Crippen LogP contribution is 2.31. The summed E-state index contributed by atoms with van der Waals surface area (Å²) in [7, 11) is 1.23. The average molecular weight is 374 g/mol. The Kier molecular flexibility index (Phi) is 4.69. The summed E-state index contributed by atoms with van der Waals surface area (Å²) in [4.78, 5) is 11.6. The van der Waals surface area contributed by atoms with Crippen LogP contribution in [0.3, 0.4) is 0 Å². The zero-order valence-electron chi connectivity index (χ0n) is 10.9. The van der Waals surface area contributed by atoms with Gasteiger partial charge in [-0.15, -0.1) is 0 Å². The van der Waals surface area contributed by atoms with E-state index in [0.29, 0.717) is 15.2 Å². The molecule has 2 aromatic carbocycles. The minimum absolute atomic E-state index is 0.00931. The molecule has 0 aliphatic carbocycles. The van der Waals surface area contributed by atoms with Gasteiger partial charge in [-0.3, -0.25) is 0 Å². The lowest BCUT2D eigenvalue weighted by atomic mass is 10.1. The Morgan fingerprint density at radius 1 is 1.33 bits per heavy atom. The van der Waals surface area contributed by atoms with Crippen molar-refractivity contribution in [1.82, 2.24) is 0 Å². The van der Waals surface area contributed by atoms with Crippen molar-refractivity contribution in [2.75, 3.05) is 18.2 Å². The van der Waals surface area contributed by atoms with Crippen molar-refractivity contribution in [1.29, 1.82) is 0 Å². The van der Waals surface area contributed by atoms with Crippen LogP contribution in [0.2, 0.25) is 5.02 Å². The summed E-state index contributed by atoms with van der Waals surface area (Å²) in [6.07, 6.45) is 0. The minimum atomic E-state index is -0.638. The number of nitrogen functional groups attached to an aromatic ring is 1. The third-order valence-electron chi connectivity index (χ3n) is 2.74. The van der Waals surface area contributed by atoms with Crippen LogP contribution in [0.4, 0.5) is 21.5 Å². The van der Waals surface area contributed by atoms with Crippen LogP contribution in [0.5, 0.6) is 0 Å². The molecule has 0 radical (unpaired) electrons. The van der Waals surface area contributed by atoms with Crippen LogP contribution in [0.25, 0.3) is 0 Å². The maximum absolute atomic E-state index is 14.0. The van der Waals surface area contributed by atoms with Gasteiger partial charge in [0.05, 0.1) is 24.0 Å². The summed E-state index contributed by atoms with van der Waals surface area (Å²) in [6.45, 7) is 0. The van der Waals surface area contributed by atoms with Gasteiger partial charge >= 0.3 is 5.97 Å². The Morgan fingerprint density at radius 2 is 2.05 bits per heavy atom. The van der Waals surface area contributed by atoms with Crippen molar-refractivity contribution in [3.63, 3.8) is 0 Å². The summed E-state index contributed by atoms with van der Waals surface area (Å²) >= 11 is 9.23. The number of hydrogen-bond donors (Lipinski definition) is 2. The molecule has 0 fully saturated rings. The van der Waals surface area contributed by atoms with Gasteiger partial charge in [0, 0.05) is 15.2 Å². The first kappa shape index (κ1) is 15.6. The van der Waals surface area contributed by atoms with Crippen LogP contribution >= 0.6 is 27.5 Å². The van der Waals surface area contributed by atoms with Gasteiger partial charge in [0.25, 0.3) is 0 Å². The van der Waals surface area contributed by atoms with Gasteiger partial charge in [-0.25, -0.2) is 9.18 Å². The first-order valence-electron chi connectivity index (χ1n) is 5.81. The van der Waals surface area contributed by atoms with Crippen molar-refractivity contribution in [3.8, 4) is 0 Å². The maximum Gasteiger partial charge on any atom is 0.340 e. The number of carbonyl (C=O) groups excluding carboxylic acids is 1. The lowest BCUT2D eigenvalue weighted by molar-refractivity contribution is 0.0602. The lowest BCUT2D eigenvalue weighted by Gasteiger charge is -2.12. The number of carbonyl (C=O) groups is 1. The molecule has 0 aliphatic rings. The molecule has 0 aromatic heterocycles. The largest absolute Gasteiger partial charge is 0.465 e. The number of nitrogens with two attached hydrogens (primary N) is 1. The molecule has 0 aliphatic heterocycles. The predicted octanol–water partition coefficient (Wildman–Crippen LogP) is 4.35. The van der Waals surface area contributed by atoms with E-state index in [-0.39, 0.29) is 16.9 Å². The highest BCUT2D eigenvalue weighted by Gasteiger charge is 2.15. The molecule has 7 heteroatoms. The number of rotatable bonds is 3. The van der Waals surface area contributed by atoms with Crippen LogP contribution < -0.4 is 11.1 Å². The first-order chi connectivity index (χ1) is 9.92. The molecule has 2 rings (SSSR count). The topological polar surface area (TPSA) is 64.3 Å². The van der Waals surface area contributed by atoms with Gasteiger partial charge in [-0.05, 0) is 46.3 Å². The molecule has 0 atom stereocenters. The molecule has 0 bridgehead atoms. The number of esters is 1. The van der Waals surface area contributed by atoms with Crippen LogP contribution in [0.15, 0.2) is 34.8 Å². The zero-order valence-corrected chi connectivity index (χ0v) is 13.3. The van der Waals surface area contributed by atoms with E-state index in [1.54, 1.807) is 18.2 Å². The van der Waals surface area contributed by atoms with Crippen LogP contribution in [-0.2, 0) is 4.74 Å². The molecular weight excluding hydrogens is 363 g/mol. The van der Waals surface area contributed by atoms with E-state index in [4.69, 9.17) is 17.3 Å². The van der Waals surface area contributed by atoms with Gasteiger partial charge in [0.1, 0.15) is 5.82 Å². The SMILES string of the molecule is COC(=O)c1cc(Nc2cc(Cl)ccc2Br)c(F)cc1N. The number of halogens is 3. The van der Waals surface area contributed by atoms with Crippen LogP contribution in [0.1, 0.15) is 10.4 Å². The number of benzene rings is 2. The summed E-state index contributed by atoms with van der Waals surface area (Å²) in [5, 5.41) is 3.35. The number of ether oxygens (including phenoxy) is 1. The molecule has 2 aromatic rings. The van der Waals surface area contributed by atoms with E-state index < -0.39 is 11.8 Å². The van der Waals surface area contributed by atoms with E-state index >= 15 is 0 Å². The molecule has 110 valence electrons. The number of nitrogens with one attached hydrogen (secondary N) is 1. The quantitative estimate of drug-likeness (QED) is 0.620. The Morgan fingerprint density at radius 3 is 2.71 bits per heavy atom. The van der Waals surface area contributed by atoms with Crippen molar-refractivity contribution < 1.29 is 13.9 Å². The Bertz CT molecular complexity index is 710. The van der Waals surface area contributed by atoms with Gasteiger partial charge in [-0.2, -0.15) is 0 Å². The standard InChI is InChI=1S/C14H11BrClFN2O2/c1-21-14(20)8-5-13(10(17)6-11(8)18)19-12-4-7(16)2-3-9(12)15/h2-6,19H,18H2,1H3. The molecular formula is C14H11BrClFN2O2. The zero-order chi connectivity index (χ0) is 15.6. The van der Waals surface area contributed by atoms with Crippen LogP contribution in [0, 0.1) is 5.82 Å². The number of hydrogen-bond acceptors (Lipinski definition) is 4. The van der Waals surface area contributed by atoms with Crippen LogP contribution in [-0.4, -0.2) is 13.1 Å². The molecule has 0 unspecified atom stereocenters. The molecule has 0 spiro atoms. The summed E-state index contributed by atoms with van der Waals surface area (Å²) in [5.74, 6) is -1.23. The second-order valence-electron chi connectivity index (χ2n) is 4.16. The molecule has 4 nitrogen and oxygen atoms in total. The molecule has 3 N–H and O–H groups in total. The summed E-state index contributed by atoms with van der Waals surface area (Å²) in [5.41, 5.74) is 6.36. The Labute approximate surface area is 134 Å². The smallest absolute Gasteiger partial charge is 0.340 e. The van der Waals surface area contributed by atoms with E-state index in [1.165, 1.54) is 13.2 Å². The van der Waals surface area contributed by atoms with E-state index in [2.05, 4.69) is 26.0 Å². The van der Waals surface area contributed by atoms with Gasteiger partial charge in [0.15, 0.2) is 0 Å². The highest BCUT2D eigenvalue weighted by atomic mass is 79.9. The van der Waals surface area contributed by atoms with Crippen molar-refractivity contribution >= 4 is 50.6 Å². The van der Waals surface area contributed by atoms with Crippen molar-refractivity contribution in [2.45, 2.75) is 0 Å². The highest BCUT2D eigenvalue weighted by molar-refractivity contribution is 9.10. The fourth-order valence-electron chi connectivity index (χ4n) is 1.71. The molecule has 0 saturated heterocycles. The lowest BCUT2D eigenvalue weighted by Crippen LogP contribution is -2.08. The van der Waals surface area contributed by atoms with Gasteiger partial charge in [0.2, 0.25) is 0 Å². The molecule has 21 heavy (non-hydrogen) atoms.